The lowest BCUT2D eigenvalue weighted by molar-refractivity contribution is 0.192. The minimum absolute atomic E-state index is 0.359. The number of aliphatic hydroxyl groups excluding tert-OH is 1. The van der Waals surface area contributed by atoms with Crippen molar-refractivity contribution in [2.45, 2.75) is 25.8 Å². The third kappa shape index (κ3) is 3.06. The van der Waals surface area contributed by atoms with Crippen molar-refractivity contribution in [1.29, 1.82) is 0 Å². The molecule has 1 aliphatic carbocycles. The van der Waals surface area contributed by atoms with Crippen molar-refractivity contribution in [2.75, 3.05) is 13.2 Å². The van der Waals surface area contributed by atoms with Crippen LogP contribution >= 0.6 is 0 Å². The van der Waals surface area contributed by atoms with Gasteiger partial charge in [-0.1, -0.05) is 36.8 Å². The highest BCUT2D eigenvalue weighted by Gasteiger charge is 2.25. The highest BCUT2D eigenvalue weighted by atomic mass is 16.3. The second-order valence-corrected chi connectivity index (χ2v) is 4.75. The van der Waals surface area contributed by atoms with E-state index in [1.807, 2.05) is 6.07 Å². The Balaban J connectivity index is 1.72. The molecule has 88 valence electrons. The van der Waals surface area contributed by atoms with Crippen molar-refractivity contribution >= 4 is 0 Å². The highest BCUT2D eigenvalue weighted by Crippen LogP contribution is 2.30. The fraction of sp³-hybridized carbons (Fsp3) is 0.571. The Morgan fingerprint density at radius 2 is 1.88 bits per heavy atom. The molecule has 0 spiro atoms. The molecule has 0 heterocycles. The number of hydrogen-bond donors (Lipinski definition) is 2. The Bertz CT molecular complexity index is 299. The van der Waals surface area contributed by atoms with E-state index in [0.717, 1.165) is 13.1 Å². The molecule has 16 heavy (non-hydrogen) atoms. The zero-order chi connectivity index (χ0) is 11.2. The average molecular weight is 219 g/mol. The molecule has 1 saturated carbocycles. The molecule has 2 N–H and O–H groups in total. The van der Waals surface area contributed by atoms with E-state index in [2.05, 4.69) is 29.6 Å². The molecule has 2 unspecified atom stereocenters. The van der Waals surface area contributed by atoms with Crippen molar-refractivity contribution in [3.63, 3.8) is 0 Å². The van der Waals surface area contributed by atoms with Crippen LogP contribution < -0.4 is 5.32 Å². The fourth-order valence-electron chi connectivity index (χ4n) is 2.62. The van der Waals surface area contributed by atoms with Gasteiger partial charge >= 0.3 is 0 Å². The molecule has 2 heteroatoms. The smallest absolute Gasteiger partial charge is 0.0462 e. The number of rotatable bonds is 5. The molecule has 2 rings (SSSR count). The number of hydrogen-bond acceptors (Lipinski definition) is 2. The Labute approximate surface area is 97.7 Å². The summed E-state index contributed by atoms with van der Waals surface area (Å²) < 4.78 is 0. The van der Waals surface area contributed by atoms with E-state index in [1.54, 1.807) is 0 Å². The molecule has 2 atom stereocenters. The lowest BCUT2D eigenvalue weighted by atomic mass is 9.97. The van der Waals surface area contributed by atoms with Gasteiger partial charge in [-0.25, -0.2) is 0 Å². The summed E-state index contributed by atoms with van der Waals surface area (Å²) >= 11 is 0. The van der Waals surface area contributed by atoms with Crippen LogP contribution in [0.4, 0.5) is 0 Å². The van der Waals surface area contributed by atoms with Crippen LogP contribution in [0.3, 0.4) is 0 Å². The van der Waals surface area contributed by atoms with Gasteiger partial charge in [-0.3, -0.25) is 0 Å². The molecule has 0 radical (unpaired) electrons. The molecule has 1 aromatic carbocycles. The van der Waals surface area contributed by atoms with Gasteiger partial charge in [0.15, 0.2) is 0 Å². The molecule has 1 fully saturated rings. The Morgan fingerprint density at radius 3 is 2.62 bits per heavy atom. The topological polar surface area (TPSA) is 32.3 Å². The van der Waals surface area contributed by atoms with Crippen LogP contribution in [-0.4, -0.2) is 18.3 Å². The van der Waals surface area contributed by atoms with Crippen LogP contribution in [0.1, 0.15) is 24.8 Å². The first-order valence-corrected chi connectivity index (χ1v) is 6.25. The molecule has 0 aromatic heterocycles. The summed E-state index contributed by atoms with van der Waals surface area (Å²) in [5, 5.41) is 12.7. The zero-order valence-corrected chi connectivity index (χ0v) is 9.73. The van der Waals surface area contributed by atoms with Crippen molar-refractivity contribution in [2.24, 2.45) is 11.8 Å². The minimum atomic E-state index is 0.359. The quantitative estimate of drug-likeness (QED) is 0.795. The predicted octanol–water partition coefficient (Wildman–Crippen LogP) is 2.18. The third-order valence-corrected chi connectivity index (χ3v) is 3.63. The van der Waals surface area contributed by atoms with Gasteiger partial charge in [0.1, 0.15) is 0 Å². The first kappa shape index (κ1) is 11.6. The normalized spacial score (nSPS) is 24.8. The van der Waals surface area contributed by atoms with Gasteiger partial charge in [0, 0.05) is 13.2 Å². The summed E-state index contributed by atoms with van der Waals surface area (Å²) in [4.78, 5) is 0. The standard InChI is InChI=1S/C14H21NO/c16-11-14-8-4-7-13(14)10-15-9-12-5-2-1-3-6-12/h1-3,5-6,13-16H,4,7-11H2. The molecular formula is C14H21NO. The minimum Gasteiger partial charge on any atom is -0.396 e. The highest BCUT2D eigenvalue weighted by molar-refractivity contribution is 5.14. The lowest BCUT2D eigenvalue weighted by Gasteiger charge is -2.17. The maximum absolute atomic E-state index is 9.23. The van der Waals surface area contributed by atoms with Gasteiger partial charge in [0.05, 0.1) is 0 Å². The van der Waals surface area contributed by atoms with Crippen molar-refractivity contribution in [3.8, 4) is 0 Å². The van der Waals surface area contributed by atoms with Crippen LogP contribution in [0.25, 0.3) is 0 Å². The Morgan fingerprint density at radius 1 is 1.12 bits per heavy atom. The van der Waals surface area contributed by atoms with E-state index in [1.165, 1.54) is 24.8 Å². The molecule has 0 aliphatic heterocycles. The van der Waals surface area contributed by atoms with E-state index in [9.17, 15) is 5.11 Å². The van der Waals surface area contributed by atoms with Gasteiger partial charge in [-0.2, -0.15) is 0 Å². The van der Waals surface area contributed by atoms with E-state index >= 15 is 0 Å². The second-order valence-electron chi connectivity index (χ2n) is 4.75. The zero-order valence-electron chi connectivity index (χ0n) is 9.73. The van der Waals surface area contributed by atoms with Crippen molar-refractivity contribution in [3.05, 3.63) is 35.9 Å². The van der Waals surface area contributed by atoms with Crippen molar-refractivity contribution in [1.82, 2.24) is 5.32 Å². The molecule has 1 aromatic rings. The van der Waals surface area contributed by atoms with Crippen LogP contribution in [0, 0.1) is 11.8 Å². The monoisotopic (exact) mass is 219 g/mol. The average Bonchev–Trinajstić information content (AvgIpc) is 2.78. The largest absolute Gasteiger partial charge is 0.396 e. The van der Waals surface area contributed by atoms with Gasteiger partial charge in [0.2, 0.25) is 0 Å². The fourth-order valence-corrected chi connectivity index (χ4v) is 2.62. The summed E-state index contributed by atoms with van der Waals surface area (Å²) in [6, 6.07) is 10.5. The molecule has 0 bridgehead atoms. The summed E-state index contributed by atoms with van der Waals surface area (Å²) in [6.45, 7) is 2.34. The van der Waals surface area contributed by atoms with Crippen LogP contribution in [-0.2, 0) is 6.54 Å². The summed E-state index contributed by atoms with van der Waals surface area (Å²) in [5.74, 6) is 1.21. The first-order valence-electron chi connectivity index (χ1n) is 6.25. The number of nitrogens with one attached hydrogen (secondary N) is 1. The van der Waals surface area contributed by atoms with Gasteiger partial charge < -0.3 is 10.4 Å². The Kier molecular flexibility index (Phi) is 4.37. The van der Waals surface area contributed by atoms with Gasteiger partial charge in [-0.15, -0.1) is 0 Å². The van der Waals surface area contributed by atoms with Crippen molar-refractivity contribution < 1.29 is 5.11 Å². The van der Waals surface area contributed by atoms with E-state index < -0.39 is 0 Å². The summed E-state index contributed by atoms with van der Waals surface area (Å²) in [6.07, 6.45) is 3.75. The first-order chi connectivity index (χ1) is 7.90. The maximum atomic E-state index is 9.23. The molecule has 0 amide bonds. The van der Waals surface area contributed by atoms with E-state index in [4.69, 9.17) is 0 Å². The number of benzene rings is 1. The van der Waals surface area contributed by atoms with Crippen LogP contribution in [0.2, 0.25) is 0 Å². The molecular weight excluding hydrogens is 198 g/mol. The van der Waals surface area contributed by atoms with E-state index in [-0.39, 0.29) is 0 Å². The number of aliphatic hydroxyl groups is 1. The lowest BCUT2D eigenvalue weighted by Crippen LogP contribution is -2.26. The Hall–Kier alpha value is -0.860. The summed E-state index contributed by atoms with van der Waals surface area (Å²) in [5.41, 5.74) is 1.33. The molecule has 0 saturated heterocycles. The third-order valence-electron chi connectivity index (χ3n) is 3.63. The molecule has 2 nitrogen and oxygen atoms in total. The predicted molar refractivity (Wildman–Crippen MR) is 66.1 cm³/mol. The van der Waals surface area contributed by atoms with Gasteiger partial charge in [-0.05, 0) is 36.8 Å². The van der Waals surface area contributed by atoms with Crippen LogP contribution in [0.5, 0.6) is 0 Å². The van der Waals surface area contributed by atoms with E-state index in [0.29, 0.717) is 18.4 Å². The maximum Gasteiger partial charge on any atom is 0.0462 e. The van der Waals surface area contributed by atoms with Gasteiger partial charge in [0.25, 0.3) is 0 Å². The van der Waals surface area contributed by atoms with Crippen LogP contribution in [0.15, 0.2) is 30.3 Å². The SMILES string of the molecule is OCC1CCCC1CNCc1ccccc1. The molecule has 1 aliphatic rings. The summed E-state index contributed by atoms with van der Waals surface area (Å²) in [7, 11) is 0. The second kappa shape index (κ2) is 6.02.